The molecule has 1 aliphatic rings. The van der Waals surface area contributed by atoms with Crippen LogP contribution in [0.1, 0.15) is 41.6 Å². The minimum absolute atomic E-state index is 0.318. The summed E-state index contributed by atoms with van der Waals surface area (Å²) in [5.41, 5.74) is 7.13. The number of carbonyl (C=O) groups excluding carboxylic acids is 1. The van der Waals surface area contributed by atoms with Gasteiger partial charge in [0.1, 0.15) is 0 Å². The normalized spacial score (nSPS) is 16.2. The van der Waals surface area contributed by atoms with Crippen LogP contribution in [-0.2, 0) is 22.4 Å². The van der Waals surface area contributed by atoms with Crippen molar-refractivity contribution in [2.75, 3.05) is 13.7 Å². The molecule has 0 amide bonds. The Morgan fingerprint density at radius 1 is 1.31 bits per heavy atom. The molecule has 150 valence electrons. The fraction of sp³-hybridized carbons (Fsp3) is 0.292. The summed E-state index contributed by atoms with van der Waals surface area (Å²) < 4.78 is 4.73. The second-order valence-corrected chi connectivity index (χ2v) is 8.00. The second kappa shape index (κ2) is 8.44. The van der Waals surface area contributed by atoms with Crippen LogP contribution in [0, 0.1) is 0 Å². The van der Waals surface area contributed by atoms with E-state index in [2.05, 4.69) is 34.7 Å². The zero-order chi connectivity index (χ0) is 20.4. The summed E-state index contributed by atoms with van der Waals surface area (Å²) in [4.78, 5) is 14.8. The molecule has 1 aliphatic carbocycles. The number of halogens is 1. The number of aromatic amines is 1. The first-order chi connectivity index (χ1) is 14.0. The number of ether oxygens (including phenoxy) is 1. The number of H-pyrrole nitrogens is 1. The summed E-state index contributed by atoms with van der Waals surface area (Å²) in [7, 11) is 1.40. The average Bonchev–Trinajstić information content (AvgIpc) is 3.31. The van der Waals surface area contributed by atoms with Crippen molar-refractivity contribution in [3.8, 4) is 0 Å². The molecule has 0 fully saturated rings. The van der Waals surface area contributed by atoms with E-state index < -0.39 is 0 Å². The number of fused-ring (bicyclic) bond motifs is 2. The number of hydrogen-bond acceptors (Lipinski definition) is 3. The minimum atomic E-state index is -0.318. The lowest BCUT2D eigenvalue weighted by Gasteiger charge is -2.14. The molecule has 4 rings (SSSR count). The molecular formula is C24H25ClN2O2. The van der Waals surface area contributed by atoms with Crippen LogP contribution >= 0.6 is 11.6 Å². The number of rotatable bonds is 6. The highest BCUT2D eigenvalue weighted by atomic mass is 35.5. The molecule has 29 heavy (non-hydrogen) atoms. The first-order valence-corrected chi connectivity index (χ1v) is 10.3. The molecule has 2 aromatic carbocycles. The highest BCUT2D eigenvalue weighted by Crippen LogP contribution is 2.33. The molecule has 4 nitrogen and oxygen atoms in total. The van der Waals surface area contributed by atoms with Crippen LogP contribution in [0.3, 0.4) is 0 Å². The van der Waals surface area contributed by atoms with Crippen molar-refractivity contribution in [2.45, 2.75) is 32.2 Å². The largest absolute Gasteiger partial charge is 0.466 e. The molecular weight excluding hydrogens is 384 g/mol. The van der Waals surface area contributed by atoms with Gasteiger partial charge in [-0.3, -0.25) is 0 Å². The monoisotopic (exact) mass is 408 g/mol. The molecule has 0 radical (unpaired) electrons. The van der Waals surface area contributed by atoms with Gasteiger partial charge in [0.2, 0.25) is 0 Å². The summed E-state index contributed by atoms with van der Waals surface area (Å²) in [5, 5.41) is 5.67. The number of allylic oxidation sites excluding steroid dienone is 1. The number of esters is 1. The molecule has 1 atom stereocenters. The van der Waals surface area contributed by atoms with E-state index in [1.54, 1.807) is 6.08 Å². The summed E-state index contributed by atoms with van der Waals surface area (Å²) >= 11 is 6.15. The molecule has 0 bridgehead atoms. The SMILES string of the molecule is COC(=O)/C=C(\C)c1ccc2c(c1)CCC2NCCc1c[nH]c2ccc(Cl)cc12. The second-order valence-electron chi connectivity index (χ2n) is 7.56. The van der Waals surface area contributed by atoms with Crippen LogP contribution in [-0.4, -0.2) is 24.6 Å². The highest BCUT2D eigenvalue weighted by molar-refractivity contribution is 6.31. The minimum Gasteiger partial charge on any atom is -0.466 e. The van der Waals surface area contributed by atoms with E-state index in [9.17, 15) is 4.79 Å². The molecule has 0 aliphatic heterocycles. The third-order valence-corrected chi connectivity index (χ3v) is 5.96. The number of benzene rings is 2. The van der Waals surface area contributed by atoms with Crippen molar-refractivity contribution in [1.29, 1.82) is 0 Å². The highest BCUT2D eigenvalue weighted by Gasteiger charge is 2.22. The standard InChI is InChI=1S/C24H25ClN2O2/c1-15(11-24(28)29-2)16-3-6-20-17(12-16)4-7-22(20)26-10-9-18-14-27-23-8-5-19(25)13-21(18)23/h3,5-6,8,11-14,22,26-27H,4,7,9-10H2,1-2H3/b15-11+. The van der Waals surface area contributed by atoms with Crippen molar-refractivity contribution in [1.82, 2.24) is 10.3 Å². The first kappa shape index (κ1) is 19.7. The fourth-order valence-corrected chi connectivity index (χ4v) is 4.30. The number of aryl methyl sites for hydroxylation is 1. The van der Waals surface area contributed by atoms with E-state index in [1.165, 1.54) is 29.2 Å². The van der Waals surface area contributed by atoms with Gasteiger partial charge < -0.3 is 15.0 Å². The lowest BCUT2D eigenvalue weighted by Crippen LogP contribution is -2.21. The smallest absolute Gasteiger partial charge is 0.330 e. The molecule has 0 saturated carbocycles. The maximum atomic E-state index is 11.5. The average molecular weight is 409 g/mol. The Morgan fingerprint density at radius 2 is 2.17 bits per heavy atom. The number of carbonyl (C=O) groups is 1. The lowest BCUT2D eigenvalue weighted by atomic mass is 10.00. The van der Waals surface area contributed by atoms with Crippen LogP contribution in [0.25, 0.3) is 16.5 Å². The van der Waals surface area contributed by atoms with Crippen LogP contribution < -0.4 is 5.32 Å². The Balaban J connectivity index is 1.41. The van der Waals surface area contributed by atoms with Gasteiger partial charge in [0.05, 0.1) is 7.11 Å². The lowest BCUT2D eigenvalue weighted by molar-refractivity contribution is -0.134. The van der Waals surface area contributed by atoms with Crippen molar-refractivity contribution >= 4 is 34.0 Å². The van der Waals surface area contributed by atoms with Crippen LogP contribution in [0.15, 0.2) is 48.7 Å². The molecule has 0 saturated heterocycles. The van der Waals surface area contributed by atoms with E-state index in [4.69, 9.17) is 16.3 Å². The Hall–Kier alpha value is -2.56. The van der Waals surface area contributed by atoms with Gasteiger partial charge >= 0.3 is 5.97 Å². The van der Waals surface area contributed by atoms with Crippen molar-refractivity contribution in [3.05, 3.63) is 75.9 Å². The molecule has 1 aromatic heterocycles. The van der Waals surface area contributed by atoms with Crippen molar-refractivity contribution < 1.29 is 9.53 Å². The Kier molecular flexibility index (Phi) is 5.74. The summed E-state index contributed by atoms with van der Waals surface area (Å²) in [6.07, 6.45) is 6.71. The first-order valence-electron chi connectivity index (χ1n) is 9.93. The number of aromatic nitrogens is 1. The molecule has 2 N–H and O–H groups in total. The zero-order valence-electron chi connectivity index (χ0n) is 16.7. The molecule has 0 spiro atoms. The van der Waals surface area contributed by atoms with Gasteiger partial charge in [-0.25, -0.2) is 4.79 Å². The molecule has 1 heterocycles. The van der Waals surface area contributed by atoms with Gasteiger partial charge in [0.25, 0.3) is 0 Å². The van der Waals surface area contributed by atoms with Gasteiger partial charge in [0.15, 0.2) is 0 Å². The van der Waals surface area contributed by atoms with E-state index in [1.807, 2.05) is 25.1 Å². The van der Waals surface area contributed by atoms with Crippen molar-refractivity contribution in [3.63, 3.8) is 0 Å². The van der Waals surface area contributed by atoms with E-state index in [-0.39, 0.29) is 5.97 Å². The topological polar surface area (TPSA) is 54.1 Å². The fourth-order valence-electron chi connectivity index (χ4n) is 4.13. The Bertz CT molecular complexity index is 1080. The van der Waals surface area contributed by atoms with Crippen LogP contribution in [0.4, 0.5) is 0 Å². The van der Waals surface area contributed by atoms with Gasteiger partial charge in [-0.2, -0.15) is 0 Å². The van der Waals surface area contributed by atoms with Gasteiger partial charge in [-0.1, -0.05) is 29.8 Å². The predicted molar refractivity (Wildman–Crippen MR) is 118 cm³/mol. The maximum Gasteiger partial charge on any atom is 0.330 e. The van der Waals surface area contributed by atoms with Crippen molar-refractivity contribution in [2.24, 2.45) is 0 Å². The molecule has 3 aromatic rings. The summed E-state index contributed by atoms with van der Waals surface area (Å²) in [5.74, 6) is -0.318. The molecule has 5 heteroatoms. The van der Waals surface area contributed by atoms with Gasteiger partial charge in [-0.05, 0) is 78.8 Å². The van der Waals surface area contributed by atoms with Gasteiger partial charge in [0, 0.05) is 34.2 Å². The Labute approximate surface area is 175 Å². The summed E-state index contributed by atoms with van der Waals surface area (Å²) in [6, 6.07) is 12.8. The van der Waals surface area contributed by atoms with Crippen LogP contribution in [0.5, 0.6) is 0 Å². The third-order valence-electron chi connectivity index (χ3n) is 5.73. The van der Waals surface area contributed by atoms with E-state index in [0.29, 0.717) is 6.04 Å². The Morgan fingerprint density at radius 3 is 3.00 bits per heavy atom. The predicted octanol–water partition coefficient (Wildman–Crippen LogP) is 5.22. The van der Waals surface area contributed by atoms with Gasteiger partial charge in [-0.15, -0.1) is 0 Å². The number of methoxy groups -OCH3 is 1. The number of hydrogen-bond donors (Lipinski definition) is 2. The number of nitrogens with one attached hydrogen (secondary N) is 2. The van der Waals surface area contributed by atoms with E-state index in [0.717, 1.165) is 47.5 Å². The third kappa shape index (κ3) is 4.24. The van der Waals surface area contributed by atoms with Crippen LogP contribution in [0.2, 0.25) is 5.02 Å². The quantitative estimate of drug-likeness (QED) is 0.434. The molecule has 1 unspecified atom stereocenters. The zero-order valence-corrected chi connectivity index (χ0v) is 17.5. The maximum absolute atomic E-state index is 11.5. The van der Waals surface area contributed by atoms with E-state index >= 15 is 0 Å². The summed E-state index contributed by atoms with van der Waals surface area (Å²) in [6.45, 7) is 2.85.